The van der Waals surface area contributed by atoms with E-state index in [1.165, 1.54) is 0 Å². The van der Waals surface area contributed by atoms with Gasteiger partial charge < -0.3 is 14.9 Å². The van der Waals surface area contributed by atoms with Crippen LogP contribution < -0.4 is 5.32 Å². The van der Waals surface area contributed by atoms with Crippen molar-refractivity contribution in [2.45, 2.75) is 19.4 Å². The number of aromatic amines is 1. The fourth-order valence-electron chi connectivity index (χ4n) is 2.98. The second-order valence-corrected chi connectivity index (χ2v) is 5.60. The Morgan fingerprint density at radius 3 is 3.09 bits per heavy atom. The molecule has 22 heavy (non-hydrogen) atoms. The highest BCUT2D eigenvalue weighted by atomic mass is 16.1. The van der Waals surface area contributed by atoms with Crippen LogP contribution in [-0.4, -0.2) is 30.2 Å². The van der Waals surface area contributed by atoms with Gasteiger partial charge >= 0.3 is 0 Å². The number of amides is 1. The minimum atomic E-state index is -0.180. The van der Waals surface area contributed by atoms with Crippen molar-refractivity contribution in [3.63, 3.8) is 0 Å². The van der Waals surface area contributed by atoms with Gasteiger partial charge in [-0.25, -0.2) is 4.98 Å². The molecule has 1 atom stereocenters. The summed E-state index contributed by atoms with van der Waals surface area (Å²) in [4.78, 5) is 20.2. The molecule has 0 spiro atoms. The fourth-order valence-corrected chi connectivity index (χ4v) is 2.98. The summed E-state index contributed by atoms with van der Waals surface area (Å²) in [6, 6.07) is 2.09. The van der Waals surface area contributed by atoms with Crippen LogP contribution in [0.5, 0.6) is 0 Å². The van der Waals surface area contributed by atoms with Crippen molar-refractivity contribution in [2.24, 2.45) is 7.05 Å². The van der Waals surface area contributed by atoms with Crippen molar-refractivity contribution in [3.8, 4) is 11.4 Å². The first-order chi connectivity index (χ1) is 10.6. The van der Waals surface area contributed by atoms with E-state index in [9.17, 15) is 4.79 Å². The van der Waals surface area contributed by atoms with Crippen LogP contribution in [0, 0.1) is 0 Å². The lowest BCUT2D eigenvalue weighted by atomic mass is 10.0. The number of rotatable bonds is 2. The quantitative estimate of drug-likeness (QED) is 0.759. The highest BCUT2D eigenvalue weighted by molar-refractivity contribution is 6.08. The van der Waals surface area contributed by atoms with Crippen molar-refractivity contribution < 1.29 is 4.79 Å². The van der Waals surface area contributed by atoms with Gasteiger partial charge in [-0.1, -0.05) is 0 Å². The monoisotopic (exact) mass is 296 g/mol. The summed E-state index contributed by atoms with van der Waals surface area (Å²) in [5.41, 5.74) is 2.54. The summed E-state index contributed by atoms with van der Waals surface area (Å²) in [7, 11) is 1.81. The molecule has 0 radical (unpaired) electrons. The van der Waals surface area contributed by atoms with E-state index < -0.39 is 0 Å². The number of carbonyl (C=O) groups excluding carboxylic acids is 1. The Kier molecular flexibility index (Phi) is 2.69. The Balaban J connectivity index is 1.72. The Morgan fingerprint density at radius 2 is 2.32 bits per heavy atom. The molecule has 1 amide bonds. The van der Waals surface area contributed by atoms with Crippen LogP contribution in [0.4, 0.5) is 5.82 Å². The first-order valence-corrected chi connectivity index (χ1v) is 7.18. The van der Waals surface area contributed by atoms with Crippen LogP contribution in [0.2, 0.25) is 0 Å². The fraction of sp³-hybridized carbons (Fsp3) is 0.267. The topological polar surface area (TPSA) is 80.5 Å². The molecule has 7 heteroatoms. The Bertz CT molecular complexity index is 855. The lowest BCUT2D eigenvalue weighted by Gasteiger charge is -2.22. The van der Waals surface area contributed by atoms with Gasteiger partial charge in [0.1, 0.15) is 5.82 Å². The molecule has 4 rings (SSSR count). The third-order valence-corrected chi connectivity index (χ3v) is 4.03. The van der Waals surface area contributed by atoms with E-state index in [2.05, 4.69) is 31.9 Å². The number of aromatic nitrogens is 5. The minimum absolute atomic E-state index is 0.180. The molecule has 0 unspecified atom stereocenters. The number of carbonyl (C=O) groups is 1. The van der Waals surface area contributed by atoms with Crippen molar-refractivity contribution in [1.29, 1.82) is 0 Å². The summed E-state index contributed by atoms with van der Waals surface area (Å²) < 4.78 is 3.75. The Morgan fingerprint density at radius 1 is 1.45 bits per heavy atom. The Hall–Kier alpha value is -2.83. The number of aryl methyl sites for hydroxylation is 1. The third-order valence-electron chi connectivity index (χ3n) is 4.03. The summed E-state index contributed by atoms with van der Waals surface area (Å²) in [6.45, 7) is 2.14. The maximum Gasteiger partial charge on any atom is 0.259 e. The largest absolute Gasteiger partial charge is 0.364 e. The van der Waals surface area contributed by atoms with Crippen molar-refractivity contribution >= 4 is 11.7 Å². The van der Waals surface area contributed by atoms with E-state index >= 15 is 0 Å². The standard InChI is InChI=1S/C15H16N6O/c1-9-7-11-13(14-16-4-6-21(9)14)10(8-17-11)15(22)18-12-3-5-20(2)19-12/h3-6,8-9,17H,7H2,1-2H3,(H,18,19,22)/t9-/m1/s1. The predicted octanol–water partition coefficient (Wildman–Crippen LogP) is 1.98. The first-order valence-electron chi connectivity index (χ1n) is 7.18. The predicted molar refractivity (Wildman–Crippen MR) is 81.6 cm³/mol. The molecule has 3 aromatic rings. The molecule has 0 aliphatic carbocycles. The van der Waals surface area contributed by atoms with E-state index in [1.54, 1.807) is 29.3 Å². The summed E-state index contributed by atoms with van der Waals surface area (Å²) in [6.07, 6.45) is 8.12. The summed E-state index contributed by atoms with van der Waals surface area (Å²) >= 11 is 0. The normalized spacial score (nSPS) is 16.2. The Labute approximate surface area is 127 Å². The lowest BCUT2D eigenvalue weighted by molar-refractivity contribution is 0.102. The van der Waals surface area contributed by atoms with Crippen LogP contribution in [0.15, 0.2) is 30.9 Å². The zero-order valence-corrected chi connectivity index (χ0v) is 12.4. The van der Waals surface area contributed by atoms with Gasteiger partial charge in [0, 0.05) is 56.1 Å². The molecule has 0 aromatic carbocycles. The van der Waals surface area contributed by atoms with Crippen molar-refractivity contribution in [3.05, 3.63) is 42.1 Å². The number of imidazole rings is 1. The van der Waals surface area contributed by atoms with Gasteiger partial charge in [0.2, 0.25) is 0 Å². The molecule has 1 aliphatic rings. The third kappa shape index (κ3) is 1.86. The van der Waals surface area contributed by atoms with Gasteiger partial charge in [-0.2, -0.15) is 5.10 Å². The van der Waals surface area contributed by atoms with Gasteiger partial charge in [0.25, 0.3) is 5.91 Å². The molecular weight excluding hydrogens is 280 g/mol. The van der Waals surface area contributed by atoms with E-state index in [0.717, 1.165) is 23.5 Å². The zero-order valence-electron chi connectivity index (χ0n) is 12.4. The molecular formula is C15H16N6O. The van der Waals surface area contributed by atoms with E-state index in [4.69, 9.17) is 0 Å². The number of hydrogen-bond donors (Lipinski definition) is 2. The number of nitrogens with one attached hydrogen (secondary N) is 2. The minimum Gasteiger partial charge on any atom is -0.364 e. The van der Waals surface area contributed by atoms with Gasteiger partial charge in [-0.3, -0.25) is 9.48 Å². The van der Waals surface area contributed by atoms with E-state index in [1.807, 2.05) is 13.2 Å². The highest BCUT2D eigenvalue weighted by Gasteiger charge is 2.28. The molecule has 1 aliphatic heterocycles. The average Bonchev–Trinajstić information content (AvgIpc) is 3.17. The van der Waals surface area contributed by atoms with Gasteiger partial charge in [-0.05, 0) is 6.92 Å². The zero-order chi connectivity index (χ0) is 15.3. The van der Waals surface area contributed by atoms with Gasteiger partial charge in [-0.15, -0.1) is 0 Å². The van der Waals surface area contributed by atoms with Gasteiger partial charge in [0.15, 0.2) is 5.82 Å². The van der Waals surface area contributed by atoms with Crippen LogP contribution >= 0.6 is 0 Å². The van der Waals surface area contributed by atoms with Crippen molar-refractivity contribution in [1.82, 2.24) is 24.3 Å². The second-order valence-electron chi connectivity index (χ2n) is 5.60. The lowest BCUT2D eigenvalue weighted by Crippen LogP contribution is -2.18. The number of fused-ring (bicyclic) bond motifs is 3. The average molecular weight is 296 g/mol. The maximum absolute atomic E-state index is 12.6. The molecule has 0 bridgehead atoms. The molecule has 0 saturated heterocycles. The van der Waals surface area contributed by atoms with E-state index in [0.29, 0.717) is 17.4 Å². The molecule has 2 N–H and O–H groups in total. The summed E-state index contributed by atoms with van der Waals surface area (Å²) in [5, 5.41) is 6.99. The van der Waals surface area contributed by atoms with Crippen LogP contribution in [0.1, 0.15) is 29.0 Å². The number of hydrogen-bond acceptors (Lipinski definition) is 3. The van der Waals surface area contributed by atoms with E-state index in [-0.39, 0.29) is 5.91 Å². The second kappa shape index (κ2) is 4.59. The molecule has 0 saturated carbocycles. The van der Waals surface area contributed by atoms with Crippen LogP contribution in [-0.2, 0) is 13.5 Å². The smallest absolute Gasteiger partial charge is 0.259 e. The maximum atomic E-state index is 12.6. The van der Waals surface area contributed by atoms with Crippen LogP contribution in [0.25, 0.3) is 11.4 Å². The first kappa shape index (κ1) is 12.9. The number of anilines is 1. The number of H-pyrrole nitrogens is 1. The molecule has 0 fully saturated rings. The molecule has 112 valence electrons. The molecule has 4 heterocycles. The van der Waals surface area contributed by atoms with Crippen LogP contribution in [0.3, 0.4) is 0 Å². The molecule has 3 aromatic heterocycles. The highest BCUT2D eigenvalue weighted by Crippen LogP contribution is 2.35. The SMILES string of the molecule is C[C@@H]1Cc2[nH]cc(C(=O)Nc3ccn(C)n3)c2-c2nccn21. The number of nitrogens with zero attached hydrogens (tertiary/aromatic N) is 4. The van der Waals surface area contributed by atoms with Gasteiger partial charge in [0.05, 0.1) is 11.1 Å². The summed E-state index contributed by atoms with van der Waals surface area (Å²) in [5.74, 6) is 1.19. The van der Waals surface area contributed by atoms with Crippen molar-refractivity contribution in [2.75, 3.05) is 5.32 Å². The molecule has 7 nitrogen and oxygen atoms in total.